The molecule has 0 saturated carbocycles. The highest BCUT2D eigenvalue weighted by molar-refractivity contribution is 8.00. The first-order chi connectivity index (χ1) is 11.5. The van der Waals surface area contributed by atoms with Crippen molar-refractivity contribution in [2.24, 2.45) is 0 Å². The predicted molar refractivity (Wildman–Crippen MR) is 90.7 cm³/mol. The molecule has 2 amide bonds. The number of anilines is 1. The molecule has 24 heavy (non-hydrogen) atoms. The normalized spacial score (nSPS) is 21.2. The first kappa shape index (κ1) is 17.0. The quantitative estimate of drug-likeness (QED) is 0.754. The molecule has 130 valence electrons. The van der Waals surface area contributed by atoms with Crippen molar-refractivity contribution in [3.05, 3.63) is 18.0 Å². The lowest BCUT2D eigenvalue weighted by atomic mass is 10.2. The van der Waals surface area contributed by atoms with Crippen LogP contribution in [-0.4, -0.2) is 83.5 Å². The SMILES string of the molecule is CN(C)c1nccc([C@H]2CN(C(=O)CN3CSCC3=O)CCO2)n1. The van der Waals surface area contributed by atoms with E-state index in [-0.39, 0.29) is 24.5 Å². The molecule has 0 radical (unpaired) electrons. The standard InChI is InChI=1S/C15H21N5O3S/c1-18(2)15-16-4-3-11(17-15)12-7-19(5-6-23-12)13(21)8-20-10-24-9-14(20)22/h3-4,12H,5-10H2,1-2H3/t12-/m1/s1. The summed E-state index contributed by atoms with van der Waals surface area (Å²) in [5.41, 5.74) is 0.763. The maximum absolute atomic E-state index is 12.5. The van der Waals surface area contributed by atoms with Gasteiger partial charge >= 0.3 is 0 Å². The van der Waals surface area contributed by atoms with Gasteiger partial charge in [0.1, 0.15) is 12.6 Å². The van der Waals surface area contributed by atoms with Gasteiger partial charge in [-0.05, 0) is 6.07 Å². The molecule has 2 aliphatic heterocycles. The van der Waals surface area contributed by atoms with Crippen LogP contribution in [0.2, 0.25) is 0 Å². The number of hydrogen-bond donors (Lipinski definition) is 0. The largest absolute Gasteiger partial charge is 0.368 e. The van der Waals surface area contributed by atoms with Gasteiger partial charge in [0.05, 0.1) is 30.5 Å². The van der Waals surface area contributed by atoms with Gasteiger partial charge in [-0.2, -0.15) is 0 Å². The zero-order chi connectivity index (χ0) is 17.1. The molecule has 3 rings (SSSR count). The van der Waals surface area contributed by atoms with Crippen molar-refractivity contribution in [2.75, 3.05) is 56.9 Å². The van der Waals surface area contributed by atoms with E-state index in [9.17, 15) is 9.59 Å². The van der Waals surface area contributed by atoms with Crippen LogP contribution in [0.1, 0.15) is 11.8 Å². The van der Waals surface area contributed by atoms with Gasteiger partial charge in [0.25, 0.3) is 0 Å². The monoisotopic (exact) mass is 351 g/mol. The maximum Gasteiger partial charge on any atom is 0.242 e. The average molecular weight is 351 g/mol. The van der Waals surface area contributed by atoms with Crippen LogP contribution in [0, 0.1) is 0 Å². The van der Waals surface area contributed by atoms with E-state index < -0.39 is 0 Å². The molecule has 0 bridgehead atoms. The van der Waals surface area contributed by atoms with Crippen LogP contribution in [0.3, 0.4) is 0 Å². The molecule has 0 aromatic carbocycles. The van der Waals surface area contributed by atoms with Gasteiger partial charge in [0.2, 0.25) is 17.8 Å². The van der Waals surface area contributed by atoms with E-state index in [0.717, 1.165) is 5.69 Å². The second-order valence-corrected chi connectivity index (χ2v) is 6.90. The average Bonchev–Trinajstić information content (AvgIpc) is 3.00. The highest BCUT2D eigenvalue weighted by Gasteiger charge is 2.30. The lowest BCUT2D eigenvalue weighted by Gasteiger charge is -2.33. The summed E-state index contributed by atoms with van der Waals surface area (Å²) in [6.07, 6.45) is 1.43. The maximum atomic E-state index is 12.5. The summed E-state index contributed by atoms with van der Waals surface area (Å²) in [6, 6.07) is 1.81. The smallest absolute Gasteiger partial charge is 0.242 e. The van der Waals surface area contributed by atoms with Gasteiger partial charge in [0, 0.05) is 26.8 Å². The van der Waals surface area contributed by atoms with Crippen molar-refractivity contribution in [1.82, 2.24) is 19.8 Å². The van der Waals surface area contributed by atoms with E-state index in [1.54, 1.807) is 16.0 Å². The summed E-state index contributed by atoms with van der Waals surface area (Å²) in [5, 5.41) is 0. The number of carbonyl (C=O) groups is 2. The van der Waals surface area contributed by atoms with Gasteiger partial charge in [-0.15, -0.1) is 11.8 Å². The summed E-state index contributed by atoms with van der Waals surface area (Å²) in [6.45, 7) is 1.58. The van der Waals surface area contributed by atoms with Gasteiger partial charge in [0.15, 0.2) is 0 Å². The Labute approximate surface area is 145 Å². The summed E-state index contributed by atoms with van der Waals surface area (Å²) < 4.78 is 5.78. The summed E-state index contributed by atoms with van der Waals surface area (Å²) in [7, 11) is 3.75. The second kappa shape index (κ2) is 7.35. The first-order valence-corrected chi connectivity index (χ1v) is 8.95. The van der Waals surface area contributed by atoms with Crippen molar-refractivity contribution in [3.8, 4) is 0 Å². The minimum Gasteiger partial charge on any atom is -0.368 e. The number of thioether (sulfide) groups is 1. The lowest BCUT2D eigenvalue weighted by molar-refractivity contribution is -0.143. The Bertz CT molecular complexity index is 627. The molecule has 2 saturated heterocycles. The minimum atomic E-state index is -0.270. The van der Waals surface area contributed by atoms with Crippen LogP contribution in [-0.2, 0) is 14.3 Å². The Morgan fingerprint density at radius 2 is 2.33 bits per heavy atom. The van der Waals surface area contributed by atoms with E-state index in [1.165, 1.54) is 11.8 Å². The predicted octanol–water partition coefficient (Wildman–Crippen LogP) is -0.0246. The molecule has 1 aromatic heterocycles. The zero-order valence-corrected chi connectivity index (χ0v) is 14.7. The van der Waals surface area contributed by atoms with Gasteiger partial charge < -0.3 is 19.4 Å². The van der Waals surface area contributed by atoms with Crippen molar-refractivity contribution >= 4 is 29.5 Å². The van der Waals surface area contributed by atoms with E-state index in [1.807, 2.05) is 25.1 Å². The fourth-order valence-corrected chi connectivity index (χ4v) is 3.52. The van der Waals surface area contributed by atoms with Gasteiger partial charge in [-0.3, -0.25) is 9.59 Å². The summed E-state index contributed by atoms with van der Waals surface area (Å²) in [5.74, 6) is 1.66. The minimum absolute atomic E-state index is 0.0320. The topological polar surface area (TPSA) is 78.9 Å². The van der Waals surface area contributed by atoms with E-state index in [0.29, 0.717) is 37.3 Å². The third-order valence-corrected chi connectivity index (χ3v) is 4.91. The Morgan fingerprint density at radius 3 is 3.04 bits per heavy atom. The molecule has 1 atom stereocenters. The van der Waals surface area contributed by atoms with E-state index in [4.69, 9.17) is 4.74 Å². The molecule has 9 heteroatoms. The highest BCUT2D eigenvalue weighted by atomic mass is 32.2. The fourth-order valence-electron chi connectivity index (χ4n) is 2.61. The Morgan fingerprint density at radius 1 is 1.50 bits per heavy atom. The second-order valence-electron chi connectivity index (χ2n) is 5.94. The Hall–Kier alpha value is -1.87. The van der Waals surface area contributed by atoms with Crippen LogP contribution in [0.15, 0.2) is 12.3 Å². The number of carbonyl (C=O) groups excluding carboxylic acids is 2. The molecular formula is C15H21N5O3S. The van der Waals surface area contributed by atoms with E-state index in [2.05, 4.69) is 9.97 Å². The fraction of sp³-hybridized carbons (Fsp3) is 0.600. The molecule has 0 unspecified atom stereocenters. The molecule has 2 aliphatic rings. The Kier molecular flexibility index (Phi) is 5.20. The number of hydrogen-bond acceptors (Lipinski definition) is 7. The third-order valence-electron chi connectivity index (χ3n) is 3.96. The molecule has 1 aromatic rings. The van der Waals surface area contributed by atoms with Crippen LogP contribution >= 0.6 is 11.8 Å². The number of rotatable bonds is 4. The number of aromatic nitrogens is 2. The van der Waals surface area contributed by atoms with Crippen molar-refractivity contribution < 1.29 is 14.3 Å². The summed E-state index contributed by atoms with van der Waals surface area (Å²) in [4.78, 5) is 38.0. The highest BCUT2D eigenvalue weighted by Crippen LogP contribution is 2.22. The van der Waals surface area contributed by atoms with Crippen LogP contribution < -0.4 is 4.90 Å². The molecule has 8 nitrogen and oxygen atoms in total. The number of nitrogens with zero attached hydrogens (tertiary/aromatic N) is 5. The zero-order valence-electron chi connectivity index (χ0n) is 13.8. The summed E-state index contributed by atoms with van der Waals surface area (Å²) >= 11 is 1.54. The molecule has 0 spiro atoms. The molecule has 0 N–H and O–H groups in total. The van der Waals surface area contributed by atoms with Crippen molar-refractivity contribution in [2.45, 2.75) is 6.10 Å². The number of ether oxygens (including phenoxy) is 1. The van der Waals surface area contributed by atoms with Crippen LogP contribution in [0.4, 0.5) is 5.95 Å². The first-order valence-electron chi connectivity index (χ1n) is 7.80. The van der Waals surface area contributed by atoms with Gasteiger partial charge in [-0.25, -0.2) is 9.97 Å². The molecule has 0 aliphatic carbocycles. The molecular weight excluding hydrogens is 330 g/mol. The van der Waals surface area contributed by atoms with Crippen molar-refractivity contribution in [3.63, 3.8) is 0 Å². The lowest BCUT2D eigenvalue weighted by Crippen LogP contribution is -2.47. The van der Waals surface area contributed by atoms with Gasteiger partial charge in [-0.1, -0.05) is 0 Å². The Balaban J connectivity index is 1.64. The van der Waals surface area contributed by atoms with Crippen LogP contribution in [0.25, 0.3) is 0 Å². The molecule has 3 heterocycles. The van der Waals surface area contributed by atoms with E-state index >= 15 is 0 Å². The van der Waals surface area contributed by atoms with Crippen molar-refractivity contribution in [1.29, 1.82) is 0 Å². The molecule has 2 fully saturated rings. The number of morpholine rings is 1. The number of amides is 2. The van der Waals surface area contributed by atoms with Crippen LogP contribution in [0.5, 0.6) is 0 Å². The third kappa shape index (κ3) is 3.78.